The first-order valence-corrected chi connectivity index (χ1v) is 4.45. The Kier molecular flexibility index (Phi) is 1.72. The predicted molar refractivity (Wildman–Crippen MR) is 43.5 cm³/mol. The van der Waals surface area contributed by atoms with Gasteiger partial charge in [0.15, 0.2) is 5.79 Å². The van der Waals surface area contributed by atoms with E-state index in [1.807, 2.05) is 0 Å². The van der Waals surface area contributed by atoms with E-state index in [9.17, 15) is 5.11 Å². The standard InChI is InChI=1S/C9H16O3/c1-5-6-4-7(10)9(11-2,12-3)8(5)6/h5-8,10H,4H2,1-3H3. The van der Waals surface area contributed by atoms with Crippen molar-refractivity contribution in [1.29, 1.82) is 0 Å². The number of ether oxygens (including phenoxy) is 2. The second kappa shape index (κ2) is 2.44. The molecule has 1 N–H and O–H groups in total. The smallest absolute Gasteiger partial charge is 0.197 e. The second-order valence-corrected chi connectivity index (χ2v) is 3.93. The Morgan fingerprint density at radius 3 is 2.25 bits per heavy atom. The highest BCUT2D eigenvalue weighted by Crippen LogP contribution is 2.63. The van der Waals surface area contributed by atoms with E-state index in [2.05, 4.69) is 6.92 Å². The first kappa shape index (κ1) is 8.48. The van der Waals surface area contributed by atoms with Crippen LogP contribution in [0.15, 0.2) is 0 Å². The van der Waals surface area contributed by atoms with Crippen molar-refractivity contribution in [3.63, 3.8) is 0 Å². The molecule has 3 heteroatoms. The van der Waals surface area contributed by atoms with Gasteiger partial charge in [0.05, 0.1) is 0 Å². The molecule has 2 aliphatic carbocycles. The molecule has 12 heavy (non-hydrogen) atoms. The van der Waals surface area contributed by atoms with E-state index in [4.69, 9.17) is 9.47 Å². The van der Waals surface area contributed by atoms with Gasteiger partial charge in [-0.1, -0.05) is 6.92 Å². The molecule has 0 spiro atoms. The van der Waals surface area contributed by atoms with Gasteiger partial charge in [-0.05, 0) is 18.3 Å². The third-order valence-corrected chi connectivity index (χ3v) is 3.62. The lowest BCUT2D eigenvalue weighted by Gasteiger charge is -2.32. The van der Waals surface area contributed by atoms with Gasteiger partial charge in [-0.15, -0.1) is 0 Å². The molecule has 3 nitrogen and oxygen atoms in total. The van der Waals surface area contributed by atoms with Crippen LogP contribution in [0.4, 0.5) is 0 Å². The molecular weight excluding hydrogens is 156 g/mol. The number of hydrogen-bond acceptors (Lipinski definition) is 3. The van der Waals surface area contributed by atoms with E-state index in [0.29, 0.717) is 17.8 Å². The monoisotopic (exact) mass is 172 g/mol. The molecule has 0 amide bonds. The number of methoxy groups -OCH3 is 2. The molecule has 2 saturated carbocycles. The van der Waals surface area contributed by atoms with Crippen molar-refractivity contribution in [3.8, 4) is 0 Å². The molecule has 0 aromatic carbocycles. The molecule has 2 aliphatic rings. The van der Waals surface area contributed by atoms with Crippen molar-refractivity contribution in [2.45, 2.75) is 25.2 Å². The van der Waals surface area contributed by atoms with Crippen LogP contribution in [0.1, 0.15) is 13.3 Å². The van der Waals surface area contributed by atoms with Crippen LogP contribution in [0.2, 0.25) is 0 Å². The van der Waals surface area contributed by atoms with Crippen LogP contribution in [-0.2, 0) is 9.47 Å². The maximum Gasteiger partial charge on any atom is 0.197 e. The molecule has 70 valence electrons. The zero-order valence-electron chi connectivity index (χ0n) is 7.78. The predicted octanol–water partition coefficient (Wildman–Crippen LogP) is 0.622. The number of fused-ring (bicyclic) bond motifs is 1. The Morgan fingerprint density at radius 1 is 1.33 bits per heavy atom. The first-order valence-electron chi connectivity index (χ1n) is 4.45. The van der Waals surface area contributed by atoms with Crippen molar-refractivity contribution in [2.24, 2.45) is 17.8 Å². The molecule has 4 unspecified atom stereocenters. The zero-order valence-corrected chi connectivity index (χ0v) is 7.78. The van der Waals surface area contributed by atoms with E-state index >= 15 is 0 Å². The topological polar surface area (TPSA) is 38.7 Å². The van der Waals surface area contributed by atoms with Crippen LogP contribution in [-0.4, -0.2) is 31.2 Å². The van der Waals surface area contributed by atoms with E-state index in [1.165, 1.54) is 0 Å². The molecule has 0 heterocycles. The molecule has 0 aromatic heterocycles. The van der Waals surface area contributed by atoms with Crippen LogP contribution in [0.25, 0.3) is 0 Å². The average Bonchev–Trinajstić information content (AvgIpc) is 2.62. The maximum atomic E-state index is 9.71. The average molecular weight is 172 g/mol. The lowest BCUT2D eigenvalue weighted by Crippen LogP contribution is -2.45. The Labute approximate surface area is 72.7 Å². The van der Waals surface area contributed by atoms with Crippen molar-refractivity contribution < 1.29 is 14.6 Å². The van der Waals surface area contributed by atoms with E-state index in [0.717, 1.165) is 6.42 Å². The number of aliphatic hydroxyl groups is 1. The van der Waals surface area contributed by atoms with E-state index in [-0.39, 0.29) is 0 Å². The fourth-order valence-electron chi connectivity index (χ4n) is 2.84. The van der Waals surface area contributed by atoms with Crippen LogP contribution in [0.5, 0.6) is 0 Å². The molecule has 2 fully saturated rings. The Balaban J connectivity index is 2.21. The third-order valence-electron chi connectivity index (χ3n) is 3.62. The number of rotatable bonds is 2. The molecule has 4 atom stereocenters. The summed E-state index contributed by atoms with van der Waals surface area (Å²) in [5.41, 5.74) is 0. The van der Waals surface area contributed by atoms with Crippen LogP contribution < -0.4 is 0 Å². The van der Waals surface area contributed by atoms with Gasteiger partial charge in [-0.3, -0.25) is 0 Å². The van der Waals surface area contributed by atoms with Gasteiger partial charge in [-0.2, -0.15) is 0 Å². The number of aliphatic hydroxyl groups excluding tert-OH is 1. The van der Waals surface area contributed by atoms with Gasteiger partial charge >= 0.3 is 0 Å². The summed E-state index contributed by atoms with van der Waals surface area (Å²) in [6, 6.07) is 0. The Morgan fingerprint density at radius 2 is 1.92 bits per heavy atom. The summed E-state index contributed by atoms with van der Waals surface area (Å²) < 4.78 is 10.6. The summed E-state index contributed by atoms with van der Waals surface area (Å²) in [4.78, 5) is 0. The summed E-state index contributed by atoms with van der Waals surface area (Å²) in [5.74, 6) is 0.958. The van der Waals surface area contributed by atoms with Gasteiger partial charge in [-0.25, -0.2) is 0 Å². The van der Waals surface area contributed by atoms with Crippen molar-refractivity contribution in [2.75, 3.05) is 14.2 Å². The molecule has 2 rings (SSSR count). The van der Waals surface area contributed by atoms with Crippen molar-refractivity contribution in [3.05, 3.63) is 0 Å². The summed E-state index contributed by atoms with van der Waals surface area (Å²) >= 11 is 0. The van der Waals surface area contributed by atoms with Crippen molar-refractivity contribution in [1.82, 2.24) is 0 Å². The molecule has 0 aromatic rings. The van der Waals surface area contributed by atoms with E-state index in [1.54, 1.807) is 14.2 Å². The van der Waals surface area contributed by atoms with Gasteiger partial charge in [0, 0.05) is 20.1 Å². The minimum absolute atomic E-state index is 0.405. The maximum absolute atomic E-state index is 9.71. The quantitative estimate of drug-likeness (QED) is 0.621. The number of hydrogen-bond donors (Lipinski definition) is 1. The zero-order chi connectivity index (χ0) is 8.93. The van der Waals surface area contributed by atoms with Gasteiger partial charge < -0.3 is 14.6 Å². The minimum Gasteiger partial charge on any atom is -0.387 e. The van der Waals surface area contributed by atoms with E-state index < -0.39 is 11.9 Å². The highest BCUT2D eigenvalue weighted by Gasteiger charge is 2.69. The third kappa shape index (κ3) is 0.767. The highest BCUT2D eigenvalue weighted by molar-refractivity contribution is 5.12. The highest BCUT2D eigenvalue weighted by atomic mass is 16.7. The lowest BCUT2D eigenvalue weighted by atomic mass is 10.0. The first-order chi connectivity index (χ1) is 5.67. The second-order valence-electron chi connectivity index (χ2n) is 3.93. The largest absolute Gasteiger partial charge is 0.387 e. The van der Waals surface area contributed by atoms with Crippen LogP contribution in [0, 0.1) is 17.8 Å². The summed E-state index contributed by atoms with van der Waals surface area (Å²) in [7, 11) is 3.22. The van der Waals surface area contributed by atoms with Crippen LogP contribution in [0.3, 0.4) is 0 Å². The lowest BCUT2D eigenvalue weighted by molar-refractivity contribution is -0.262. The summed E-state index contributed by atoms with van der Waals surface area (Å²) in [5, 5.41) is 9.71. The molecule has 0 radical (unpaired) electrons. The fraction of sp³-hybridized carbons (Fsp3) is 1.00. The molecular formula is C9H16O3. The molecule has 0 bridgehead atoms. The Bertz CT molecular complexity index is 188. The Hall–Kier alpha value is -0.120. The van der Waals surface area contributed by atoms with Gasteiger partial charge in [0.25, 0.3) is 0 Å². The van der Waals surface area contributed by atoms with Crippen molar-refractivity contribution >= 4 is 0 Å². The molecule has 0 saturated heterocycles. The molecule has 0 aliphatic heterocycles. The minimum atomic E-state index is -0.704. The van der Waals surface area contributed by atoms with Crippen LogP contribution >= 0.6 is 0 Å². The summed E-state index contributed by atoms with van der Waals surface area (Å²) in [6.07, 6.45) is 0.381. The fourth-order valence-corrected chi connectivity index (χ4v) is 2.84. The normalized spacial score (nSPS) is 49.0. The van der Waals surface area contributed by atoms with Gasteiger partial charge in [0.2, 0.25) is 0 Å². The summed E-state index contributed by atoms with van der Waals surface area (Å²) in [6.45, 7) is 2.19. The SMILES string of the molecule is COC1(OC)C(O)CC2C(C)C21. The van der Waals surface area contributed by atoms with Gasteiger partial charge in [0.1, 0.15) is 6.10 Å².